The number of hydrogen-bond donors (Lipinski definition) is 1. The summed E-state index contributed by atoms with van der Waals surface area (Å²) in [6.45, 7) is -0.401. The van der Waals surface area contributed by atoms with Gasteiger partial charge in [-0.2, -0.15) is 0 Å². The van der Waals surface area contributed by atoms with E-state index >= 15 is 0 Å². The van der Waals surface area contributed by atoms with Crippen molar-refractivity contribution in [3.8, 4) is 0 Å². The van der Waals surface area contributed by atoms with Gasteiger partial charge in [-0.05, 0) is 12.1 Å². The second kappa shape index (κ2) is 6.59. The first-order chi connectivity index (χ1) is 10.4. The molecule has 1 amide bonds. The van der Waals surface area contributed by atoms with Gasteiger partial charge >= 0.3 is 0 Å². The van der Waals surface area contributed by atoms with Crippen LogP contribution >= 0.6 is 23.2 Å². The SMILES string of the molecule is O=C(Cn1cc([N+](=O)[O-])ccc1=O)Nc1c(Cl)cccc1Cl. The predicted molar refractivity (Wildman–Crippen MR) is 82.4 cm³/mol. The Kier molecular flexibility index (Phi) is 4.79. The number of nitrogens with one attached hydrogen (secondary N) is 1. The Bertz CT molecular complexity index is 784. The number of nitro groups is 1. The normalized spacial score (nSPS) is 10.3. The Labute approximate surface area is 134 Å². The molecular formula is C13H9Cl2N3O4. The summed E-state index contributed by atoms with van der Waals surface area (Å²) in [4.78, 5) is 33.6. The fourth-order valence-corrected chi connectivity index (χ4v) is 2.19. The van der Waals surface area contributed by atoms with Crippen LogP contribution in [-0.4, -0.2) is 15.4 Å². The van der Waals surface area contributed by atoms with Crippen LogP contribution in [0.15, 0.2) is 41.3 Å². The van der Waals surface area contributed by atoms with Gasteiger partial charge in [0.15, 0.2) is 0 Å². The first-order valence-electron chi connectivity index (χ1n) is 5.97. The summed E-state index contributed by atoms with van der Waals surface area (Å²) in [6, 6.07) is 6.80. The number of rotatable bonds is 4. The van der Waals surface area contributed by atoms with E-state index in [1.807, 2.05) is 0 Å². The second-order valence-corrected chi connectivity index (χ2v) is 5.07. The molecule has 0 aliphatic rings. The van der Waals surface area contributed by atoms with E-state index < -0.39 is 22.9 Å². The summed E-state index contributed by atoms with van der Waals surface area (Å²) in [6.07, 6.45) is 0.996. The van der Waals surface area contributed by atoms with Crippen LogP contribution in [0.1, 0.15) is 0 Å². The number of carbonyl (C=O) groups excluding carboxylic acids is 1. The molecular weight excluding hydrogens is 333 g/mol. The minimum Gasteiger partial charge on any atom is -0.322 e. The highest BCUT2D eigenvalue weighted by Gasteiger charge is 2.13. The standard InChI is InChI=1S/C13H9Cl2N3O4/c14-9-2-1-3-10(15)13(9)16-11(19)7-17-6-8(18(21)22)4-5-12(17)20/h1-6H,7H2,(H,16,19). The van der Waals surface area contributed by atoms with Crippen molar-refractivity contribution in [1.82, 2.24) is 4.57 Å². The zero-order chi connectivity index (χ0) is 16.3. The van der Waals surface area contributed by atoms with Crippen molar-refractivity contribution in [2.45, 2.75) is 6.54 Å². The molecule has 1 N–H and O–H groups in total. The van der Waals surface area contributed by atoms with Crippen LogP contribution in [0, 0.1) is 10.1 Å². The van der Waals surface area contributed by atoms with E-state index in [2.05, 4.69) is 5.32 Å². The molecule has 2 rings (SSSR count). The molecule has 0 fully saturated rings. The van der Waals surface area contributed by atoms with Gasteiger partial charge in [-0.15, -0.1) is 0 Å². The highest BCUT2D eigenvalue weighted by Crippen LogP contribution is 2.29. The molecule has 0 saturated carbocycles. The lowest BCUT2D eigenvalue weighted by Crippen LogP contribution is -2.27. The van der Waals surface area contributed by atoms with E-state index in [9.17, 15) is 19.7 Å². The van der Waals surface area contributed by atoms with Gasteiger partial charge in [-0.1, -0.05) is 29.3 Å². The van der Waals surface area contributed by atoms with Crippen LogP contribution in [0.4, 0.5) is 11.4 Å². The second-order valence-electron chi connectivity index (χ2n) is 4.26. The third-order valence-electron chi connectivity index (χ3n) is 2.72. The molecule has 1 aromatic carbocycles. The third kappa shape index (κ3) is 3.63. The van der Waals surface area contributed by atoms with Gasteiger partial charge < -0.3 is 5.32 Å². The summed E-state index contributed by atoms with van der Waals surface area (Å²) < 4.78 is 0.929. The molecule has 0 atom stereocenters. The number of anilines is 1. The number of benzene rings is 1. The molecule has 0 saturated heterocycles. The van der Waals surface area contributed by atoms with Crippen molar-refractivity contribution in [1.29, 1.82) is 0 Å². The van der Waals surface area contributed by atoms with E-state index in [0.717, 1.165) is 22.9 Å². The molecule has 0 aliphatic carbocycles. The first kappa shape index (κ1) is 16.0. The Morgan fingerprint density at radius 3 is 2.45 bits per heavy atom. The number of pyridine rings is 1. The molecule has 1 aromatic heterocycles. The lowest BCUT2D eigenvalue weighted by Gasteiger charge is -2.10. The fourth-order valence-electron chi connectivity index (χ4n) is 1.70. The molecule has 0 bridgehead atoms. The maximum absolute atomic E-state index is 12.0. The van der Waals surface area contributed by atoms with E-state index in [0.29, 0.717) is 0 Å². The van der Waals surface area contributed by atoms with Crippen molar-refractivity contribution >= 4 is 40.5 Å². The van der Waals surface area contributed by atoms with Crippen molar-refractivity contribution in [2.24, 2.45) is 0 Å². The summed E-state index contributed by atoms with van der Waals surface area (Å²) in [5, 5.41) is 13.6. The Morgan fingerprint density at radius 2 is 1.86 bits per heavy atom. The minimum atomic E-state index is -0.654. The highest BCUT2D eigenvalue weighted by molar-refractivity contribution is 6.39. The van der Waals surface area contributed by atoms with E-state index in [-0.39, 0.29) is 21.4 Å². The number of halogens is 2. The summed E-state index contributed by atoms with van der Waals surface area (Å²) in [5.74, 6) is -0.586. The maximum Gasteiger partial charge on any atom is 0.285 e. The molecule has 0 aliphatic heterocycles. The fraction of sp³-hybridized carbons (Fsp3) is 0.0769. The third-order valence-corrected chi connectivity index (χ3v) is 3.35. The van der Waals surface area contributed by atoms with Gasteiger partial charge in [0.05, 0.1) is 26.9 Å². The van der Waals surface area contributed by atoms with Crippen LogP contribution in [0.25, 0.3) is 0 Å². The number of aromatic nitrogens is 1. The zero-order valence-electron chi connectivity index (χ0n) is 11.0. The quantitative estimate of drug-likeness (QED) is 0.683. The molecule has 1 heterocycles. The lowest BCUT2D eigenvalue weighted by atomic mass is 10.3. The highest BCUT2D eigenvalue weighted by atomic mass is 35.5. The zero-order valence-corrected chi connectivity index (χ0v) is 12.5. The minimum absolute atomic E-state index is 0.217. The van der Waals surface area contributed by atoms with Gasteiger partial charge in [-0.3, -0.25) is 24.3 Å². The van der Waals surface area contributed by atoms with E-state index in [4.69, 9.17) is 23.2 Å². The molecule has 7 nitrogen and oxygen atoms in total. The molecule has 22 heavy (non-hydrogen) atoms. The van der Waals surface area contributed by atoms with Crippen LogP contribution in [0.5, 0.6) is 0 Å². The van der Waals surface area contributed by atoms with Gasteiger partial charge in [0.1, 0.15) is 6.54 Å². The molecule has 9 heteroatoms. The van der Waals surface area contributed by atoms with Crippen molar-refractivity contribution in [3.05, 3.63) is 67.0 Å². The number of amides is 1. The van der Waals surface area contributed by atoms with Crippen molar-refractivity contribution in [2.75, 3.05) is 5.32 Å². The number of nitrogens with zero attached hydrogens (tertiary/aromatic N) is 2. The van der Waals surface area contributed by atoms with Gasteiger partial charge in [0.25, 0.3) is 11.2 Å². The van der Waals surface area contributed by atoms with Crippen LogP contribution in [0.2, 0.25) is 10.0 Å². The van der Waals surface area contributed by atoms with E-state index in [1.54, 1.807) is 18.2 Å². The molecule has 0 unspecified atom stereocenters. The topological polar surface area (TPSA) is 94.2 Å². The van der Waals surface area contributed by atoms with Gasteiger partial charge in [0.2, 0.25) is 5.91 Å². The summed E-state index contributed by atoms with van der Waals surface area (Å²) in [5.41, 5.74) is -0.608. The van der Waals surface area contributed by atoms with Crippen molar-refractivity contribution in [3.63, 3.8) is 0 Å². The number of carbonyl (C=O) groups is 1. The molecule has 114 valence electrons. The summed E-state index contributed by atoms with van der Waals surface area (Å²) >= 11 is 11.8. The molecule has 0 radical (unpaired) electrons. The van der Waals surface area contributed by atoms with Crippen LogP contribution < -0.4 is 10.9 Å². The largest absolute Gasteiger partial charge is 0.322 e. The Morgan fingerprint density at radius 1 is 1.23 bits per heavy atom. The average Bonchev–Trinajstić information content (AvgIpc) is 2.45. The Balaban J connectivity index is 2.21. The lowest BCUT2D eigenvalue weighted by molar-refractivity contribution is -0.385. The van der Waals surface area contributed by atoms with Crippen LogP contribution in [0.3, 0.4) is 0 Å². The molecule has 2 aromatic rings. The summed E-state index contributed by atoms with van der Waals surface area (Å²) in [7, 11) is 0. The van der Waals surface area contributed by atoms with E-state index in [1.165, 1.54) is 0 Å². The van der Waals surface area contributed by atoms with Gasteiger partial charge in [0, 0.05) is 12.1 Å². The number of para-hydroxylation sites is 1. The smallest absolute Gasteiger partial charge is 0.285 e. The predicted octanol–water partition coefficient (Wildman–Crippen LogP) is 2.70. The number of hydrogen-bond acceptors (Lipinski definition) is 4. The Hall–Kier alpha value is -2.38. The average molecular weight is 342 g/mol. The maximum atomic E-state index is 12.0. The monoisotopic (exact) mass is 341 g/mol. The molecule has 0 spiro atoms. The first-order valence-corrected chi connectivity index (χ1v) is 6.73. The van der Waals surface area contributed by atoms with Crippen molar-refractivity contribution < 1.29 is 9.72 Å². The van der Waals surface area contributed by atoms with Crippen LogP contribution in [-0.2, 0) is 11.3 Å². The van der Waals surface area contributed by atoms with Gasteiger partial charge in [-0.25, -0.2) is 0 Å².